The first kappa shape index (κ1) is 20.8. The first-order chi connectivity index (χ1) is 14.1. The molecule has 0 spiro atoms. The molecule has 0 aliphatic heterocycles. The molecule has 0 aliphatic rings. The standard InChI is InChI=1S/C22H25N3O3S/c1-15(2)8-11-28-19-5-4-17(12-20(19)27-3)22(26)24-13-21-25-18(14-29-21)16-6-9-23-10-7-16/h4-7,9-10,12,14-15H,8,11,13H2,1-3H3,(H,24,26). The van der Waals surface area contributed by atoms with Crippen LogP contribution in [0.4, 0.5) is 0 Å². The monoisotopic (exact) mass is 411 g/mol. The van der Waals surface area contributed by atoms with E-state index in [0.717, 1.165) is 22.7 Å². The van der Waals surface area contributed by atoms with Crippen LogP contribution in [0.3, 0.4) is 0 Å². The van der Waals surface area contributed by atoms with E-state index in [9.17, 15) is 4.79 Å². The summed E-state index contributed by atoms with van der Waals surface area (Å²) in [4.78, 5) is 21.1. The summed E-state index contributed by atoms with van der Waals surface area (Å²) in [6.45, 7) is 5.28. The maximum atomic E-state index is 12.5. The molecule has 152 valence electrons. The van der Waals surface area contributed by atoms with E-state index in [0.29, 0.717) is 36.1 Å². The molecule has 2 aromatic heterocycles. The van der Waals surface area contributed by atoms with Crippen molar-refractivity contribution >= 4 is 17.2 Å². The maximum Gasteiger partial charge on any atom is 0.251 e. The third-order valence-electron chi connectivity index (χ3n) is 4.31. The average molecular weight is 412 g/mol. The molecule has 0 saturated carbocycles. The number of rotatable bonds is 9. The summed E-state index contributed by atoms with van der Waals surface area (Å²) in [7, 11) is 1.57. The lowest BCUT2D eigenvalue weighted by Gasteiger charge is -2.13. The fraction of sp³-hybridized carbons (Fsp3) is 0.318. The summed E-state index contributed by atoms with van der Waals surface area (Å²) in [5, 5.41) is 5.72. The lowest BCUT2D eigenvalue weighted by atomic mass is 10.1. The molecule has 0 atom stereocenters. The second kappa shape index (κ2) is 10.0. The van der Waals surface area contributed by atoms with Gasteiger partial charge in [0.1, 0.15) is 5.01 Å². The van der Waals surface area contributed by atoms with Crippen LogP contribution in [-0.2, 0) is 6.54 Å². The lowest BCUT2D eigenvalue weighted by Crippen LogP contribution is -2.22. The smallest absolute Gasteiger partial charge is 0.251 e. The summed E-state index contributed by atoms with van der Waals surface area (Å²) < 4.78 is 11.2. The van der Waals surface area contributed by atoms with Crippen molar-refractivity contribution in [2.75, 3.05) is 13.7 Å². The number of ether oxygens (including phenoxy) is 2. The third kappa shape index (κ3) is 5.77. The molecule has 2 heterocycles. The number of carbonyl (C=O) groups is 1. The van der Waals surface area contributed by atoms with Crippen molar-refractivity contribution in [2.45, 2.75) is 26.8 Å². The summed E-state index contributed by atoms with van der Waals surface area (Å²) >= 11 is 1.51. The van der Waals surface area contributed by atoms with Gasteiger partial charge in [0.25, 0.3) is 5.91 Å². The van der Waals surface area contributed by atoms with Crippen molar-refractivity contribution in [3.05, 3.63) is 58.7 Å². The molecule has 3 aromatic rings. The Bertz CT molecular complexity index is 941. The molecule has 6 nitrogen and oxygen atoms in total. The normalized spacial score (nSPS) is 10.8. The zero-order chi connectivity index (χ0) is 20.6. The van der Waals surface area contributed by atoms with Crippen LogP contribution in [0, 0.1) is 5.92 Å². The Labute approximate surface area is 174 Å². The van der Waals surface area contributed by atoms with Crippen molar-refractivity contribution in [3.63, 3.8) is 0 Å². The largest absolute Gasteiger partial charge is 0.493 e. The zero-order valence-corrected chi connectivity index (χ0v) is 17.7. The fourth-order valence-electron chi connectivity index (χ4n) is 2.64. The SMILES string of the molecule is COc1cc(C(=O)NCc2nc(-c3ccncc3)cs2)ccc1OCCC(C)C. The van der Waals surface area contributed by atoms with Gasteiger partial charge in [-0.05, 0) is 42.7 Å². The molecule has 1 amide bonds. The fourth-order valence-corrected chi connectivity index (χ4v) is 3.38. The number of pyridine rings is 1. The van der Waals surface area contributed by atoms with E-state index in [-0.39, 0.29) is 5.91 Å². The van der Waals surface area contributed by atoms with Crippen LogP contribution in [0.5, 0.6) is 11.5 Å². The number of amides is 1. The molecule has 7 heteroatoms. The molecule has 0 radical (unpaired) electrons. The average Bonchev–Trinajstić information content (AvgIpc) is 3.21. The number of thiazole rings is 1. The molecular formula is C22H25N3O3S. The van der Waals surface area contributed by atoms with Gasteiger partial charge in [0, 0.05) is 28.9 Å². The first-order valence-electron chi connectivity index (χ1n) is 9.50. The molecule has 3 rings (SSSR count). The number of carbonyl (C=O) groups excluding carboxylic acids is 1. The van der Waals surface area contributed by atoms with E-state index in [1.807, 2.05) is 17.5 Å². The molecule has 0 unspecified atom stereocenters. The van der Waals surface area contributed by atoms with Crippen molar-refractivity contribution < 1.29 is 14.3 Å². The highest BCUT2D eigenvalue weighted by Gasteiger charge is 2.12. The Morgan fingerprint density at radius 2 is 1.97 bits per heavy atom. The Morgan fingerprint density at radius 1 is 1.17 bits per heavy atom. The summed E-state index contributed by atoms with van der Waals surface area (Å²) in [5.74, 6) is 1.58. The quantitative estimate of drug-likeness (QED) is 0.558. The van der Waals surface area contributed by atoms with Crippen molar-refractivity contribution in [3.8, 4) is 22.8 Å². The van der Waals surface area contributed by atoms with Gasteiger partial charge >= 0.3 is 0 Å². The van der Waals surface area contributed by atoms with Crippen molar-refractivity contribution in [2.24, 2.45) is 5.92 Å². The zero-order valence-electron chi connectivity index (χ0n) is 16.8. The Balaban J connectivity index is 1.60. The van der Waals surface area contributed by atoms with Crippen LogP contribution in [-0.4, -0.2) is 29.6 Å². The Kier molecular flexibility index (Phi) is 7.19. The predicted molar refractivity (Wildman–Crippen MR) is 114 cm³/mol. The Morgan fingerprint density at radius 3 is 2.69 bits per heavy atom. The number of hydrogen-bond donors (Lipinski definition) is 1. The summed E-state index contributed by atoms with van der Waals surface area (Å²) in [5.41, 5.74) is 2.40. The van der Waals surface area contributed by atoms with E-state index < -0.39 is 0 Å². The van der Waals surface area contributed by atoms with Gasteiger partial charge in [-0.1, -0.05) is 13.8 Å². The van der Waals surface area contributed by atoms with Crippen LogP contribution >= 0.6 is 11.3 Å². The van der Waals surface area contributed by atoms with Gasteiger partial charge in [0.05, 0.1) is 26.0 Å². The lowest BCUT2D eigenvalue weighted by molar-refractivity contribution is 0.0950. The van der Waals surface area contributed by atoms with Gasteiger partial charge in [0.15, 0.2) is 11.5 Å². The van der Waals surface area contributed by atoms with E-state index >= 15 is 0 Å². The van der Waals surface area contributed by atoms with Gasteiger partial charge in [-0.3, -0.25) is 9.78 Å². The predicted octanol–water partition coefficient (Wildman–Crippen LogP) is 4.57. The van der Waals surface area contributed by atoms with Crippen molar-refractivity contribution in [1.82, 2.24) is 15.3 Å². The molecule has 29 heavy (non-hydrogen) atoms. The molecule has 1 N–H and O–H groups in total. The van der Waals surface area contributed by atoms with Crippen LogP contribution in [0.2, 0.25) is 0 Å². The van der Waals surface area contributed by atoms with Crippen molar-refractivity contribution in [1.29, 1.82) is 0 Å². The van der Waals surface area contributed by atoms with E-state index in [1.54, 1.807) is 37.7 Å². The molecule has 0 fully saturated rings. The highest BCUT2D eigenvalue weighted by molar-refractivity contribution is 7.09. The van der Waals surface area contributed by atoms with Gasteiger partial charge in [-0.2, -0.15) is 0 Å². The Hall–Kier alpha value is -2.93. The summed E-state index contributed by atoms with van der Waals surface area (Å²) in [6, 6.07) is 9.04. The van der Waals surface area contributed by atoms with Crippen LogP contribution < -0.4 is 14.8 Å². The molecular weight excluding hydrogens is 386 g/mol. The number of benzene rings is 1. The van der Waals surface area contributed by atoms with E-state index in [1.165, 1.54) is 11.3 Å². The highest BCUT2D eigenvalue weighted by Crippen LogP contribution is 2.28. The third-order valence-corrected chi connectivity index (χ3v) is 5.16. The minimum Gasteiger partial charge on any atom is -0.493 e. The van der Waals surface area contributed by atoms with Crippen LogP contribution in [0.25, 0.3) is 11.3 Å². The first-order valence-corrected chi connectivity index (χ1v) is 10.4. The van der Waals surface area contributed by atoms with Gasteiger partial charge in [-0.15, -0.1) is 11.3 Å². The van der Waals surface area contributed by atoms with Crippen LogP contribution in [0.1, 0.15) is 35.6 Å². The number of aromatic nitrogens is 2. The van der Waals surface area contributed by atoms with Crippen LogP contribution in [0.15, 0.2) is 48.1 Å². The molecule has 0 saturated heterocycles. The van der Waals surface area contributed by atoms with E-state index in [2.05, 4.69) is 29.1 Å². The topological polar surface area (TPSA) is 73.3 Å². The van der Waals surface area contributed by atoms with Gasteiger partial charge < -0.3 is 14.8 Å². The number of methoxy groups -OCH3 is 1. The second-order valence-corrected chi connectivity index (χ2v) is 7.88. The minimum absolute atomic E-state index is 0.183. The van der Waals surface area contributed by atoms with Gasteiger partial charge in [0.2, 0.25) is 0 Å². The number of nitrogens with one attached hydrogen (secondary N) is 1. The summed E-state index contributed by atoms with van der Waals surface area (Å²) in [6.07, 6.45) is 4.43. The number of hydrogen-bond acceptors (Lipinski definition) is 6. The molecule has 1 aromatic carbocycles. The van der Waals surface area contributed by atoms with E-state index in [4.69, 9.17) is 9.47 Å². The molecule has 0 aliphatic carbocycles. The van der Waals surface area contributed by atoms with Gasteiger partial charge in [-0.25, -0.2) is 4.98 Å². The highest BCUT2D eigenvalue weighted by atomic mass is 32.1. The molecule has 0 bridgehead atoms. The maximum absolute atomic E-state index is 12.5. The number of nitrogens with zero attached hydrogens (tertiary/aromatic N) is 2. The minimum atomic E-state index is -0.183. The second-order valence-electron chi connectivity index (χ2n) is 6.94.